The van der Waals surface area contributed by atoms with E-state index in [4.69, 9.17) is 11.6 Å². The van der Waals surface area contributed by atoms with Crippen LogP contribution in [-0.2, 0) is 6.54 Å². The molecule has 1 heterocycles. The second kappa shape index (κ2) is 5.78. The van der Waals surface area contributed by atoms with E-state index in [9.17, 15) is 8.78 Å². The fourth-order valence-corrected chi connectivity index (χ4v) is 2.51. The molecule has 2 rings (SSSR count). The van der Waals surface area contributed by atoms with Crippen LogP contribution in [0.15, 0.2) is 18.2 Å². The zero-order valence-corrected chi connectivity index (χ0v) is 10.4. The molecule has 0 saturated carbocycles. The molecular formula is C13H16ClF2N. The Morgan fingerprint density at radius 3 is 2.29 bits per heavy atom. The second-order valence-electron chi connectivity index (χ2n) is 4.57. The Hall–Kier alpha value is -0.670. The van der Waals surface area contributed by atoms with Gasteiger partial charge in [0.15, 0.2) is 0 Å². The van der Waals surface area contributed by atoms with Gasteiger partial charge in [0, 0.05) is 18.0 Å². The Labute approximate surface area is 105 Å². The van der Waals surface area contributed by atoms with E-state index in [-0.39, 0.29) is 5.56 Å². The van der Waals surface area contributed by atoms with Gasteiger partial charge in [0.05, 0.1) is 0 Å². The Kier molecular flexibility index (Phi) is 4.35. The summed E-state index contributed by atoms with van der Waals surface area (Å²) in [6, 6.07) is 4.02. The molecule has 0 N–H and O–H groups in total. The lowest BCUT2D eigenvalue weighted by Crippen LogP contribution is -2.34. The summed E-state index contributed by atoms with van der Waals surface area (Å²) in [5.41, 5.74) is 0.178. The summed E-state index contributed by atoms with van der Waals surface area (Å²) in [6.45, 7) is 2.09. The molecule has 1 aliphatic heterocycles. The minimum absolute atomic E-state index is 0.178. The molecule has 0 spiro atoms. The summed E-state index contributed by atoms with van der Waals surface area (Å²) in [5, 5.41) is 0. The molecule has 1 aromatic carbocycles. The lowest BCUT2D eigenvalue weighted by atomic mass is 9.98. The smallest absolute Gasteiger partial charge is 0.130 e. The van der Waals surface area contributed by atoms with Crippen LogP contribution in [0.2, 0.25) is 0 Å². The number of benzene rings is 1. The quantitative estimate of drug-likeness (QED) is 0.752. The molecule has 94 valence electrons. The predicted molar refractivity (Wildman–Crippen MR) is 65.1 cm³/mol. The van der Waals surface area contributed by atoms with Crippen molar-refractivity contribution in [2.75, 3.05) is 19.0 Å². The third-order valence-electron chi connectivity index (χ3n) is 3.37. The Morgan fingerprint density at radius 1 is 1.18 bits per heavy atom. The highest BCUT2D eigenvalue weighted by Gasteiger charge is 2.20. The maximum Gasteiger partial charge on any atom is 0.130 e. The normalized spacial score (nSPS) is 18.5. The van der Waals surface area contributed by atoms with Crippen LogP contribution < -0.4 is 0 Å². The standard InChI is InChI=1S/C13H16ClF2N/c14-8-10-4-6-17(7-5-10)9-11-12(15)2-1-3-13(11)16/h1-3,10H,4-9H2. The second-order valence-corrected chi connectivity index (χ2v) is 4.88. The first-order chi connectivity index (χ1) is 8.20. The minimum Gasteiger partial charge on any atom is -0.299 e. The monoisotopic (exact) mass is 259 g/mol. The highest BCUT2D eigenvalue weighted by atomic mass is 35.5. The average molecular weight is 260 g/mol. The first-order valence-corrected chi connectivity index (χ1v) is 6.45. The molecule has 1 fully saturated rings. The van der Waals surface area contributed by atoms with Gasteiger partial charge < -0.3 is 0 Å². The molecular weight excluding hydrogens is 244 g/mol. The molecule has 0 radical (unpaired) electrons. The number of hydrogen-bond donors (Lipinski definition) is 0. The van der Waals surface area contributed by atoms with Crippen molar-refractivity contribution in [3.05, 3.63) is 35.4 Å². The maximum atomic E-state index is 13.5. The lowest BCUT2D eigenvalue weighted by Gasteiger charge is -2.31. The maximum absolute atomic E-state index is 13.5. The van der Waals surface area contributed by atoms with Gasteiger partial charge in [-0.2, -0.15) is 0 Å². The van der Waals surface area contributed by atoms with Gasteiger partial charge in [-0.25, -0.2) is 8.78 Å². The Balaban J connectivity index is 1.98. The highest BCUT2D eigenvalue weighted by Crippen LogP contribution is 2.21. The summed E-state index contributed by atoms with van der Waals surface area (Å²) in [6.07, 6.45) is 2.03. The fraction of sp³-hybridized carbons (Fsp3) is 0.538. The summed E-state index contributed by atoms with van der Waals surface area (Å²) in [4.78, 5) is 2.09. The van der Waals surface area contributed by atoms with Crippen molar-refractivity contribution < 1.29 is 8.78 Å². The summed E-state index contributed by atoms with van der Waals surface area (Å²) < 4.78 is 26.9. The molecule has 1 saturated heterocycles. The first-order valence-electron chi connectivity index (χ1n) is 5.92. The van der Waals surface area contributed by atoms with Crippen molar-refractivity contribution in [3.8, 4) is 0 Å². The van der Waals surface area contributed by atoms with E-state index < -0.39 is 11.6 Å². The zero-order chi connectivity index (χ0) is 12.3. The van der Waals surface area contributed by atoms with E-state index >= 15 is 0 Å². The number of likely N-dealkylation sites (tertiary alicyclic amines) is 1. The van der Waals surface area contributed by atoms with E-state index in [0.29, 0.717) is 18.3 Å². The lowest BCUT2D eigenvalue weighted by molar-refractivity contribution is 0.182. The zero-order valence-electron chi connectivity index (χ0n) is 9.63. The van der Waals surface area contributed by atoms with Gasteiger partial charge in [0.1, 0.15) is 11.6 Å². The molecule has 1 nitrogen and oxygen atoms in total. The molecule has 1 aliphatic rings. The third kappa shape index (κ3) is 3.17. The number of nitrogens with zero attached hydrogens (tertiary/aromatic N) is 1. The molecule has 0 bridgehead atoms. The van der Waals surface area contributed by atoms with Crippen LogP contribution in [0.3, 0.4) is 0 Å². The van der Waals surface area contributed by atoms with E-state index in [1.165, 1.54) is 18.2 Å². The number of alkyl halides is 1. The number of piperidine rings is 1. The summed E-state index contributed by atoms with van der Waals surface area (Å²) in [7, 11) is 0. The third-order valence-corrected chi connectivity index (χ3v) is 3.81. The van der Waals surface area contributed by atoms with Crippen LogP contribution in [0, 0.1) is 17.6 Å². The minimum atomic E-state index is -0.454. The molecule has 17 heavy (non-hydrogen) atoms. The van der Waals surface area contributed by atoms with Crippen molar-refractivity contribution in [1.82, 2.24) is 4.90 Å². The van der Waals surface area contributed by atoms with Crippen molar-refractivity contribution in [2.45, 2.75) is 19.4 Å². The van der Waals surface area contributed by atoms with Crippen LogP contribution in [0.4, 0.5) is 8.78 Å². The van der Waals surface area contributed by atoms with Gasteiger partial charge in [-0.05, 0) is 44.0 Å². The predicted octanol–water partition coefficient (Wildman–Crippen LogP) is 3.42. The van der Waals surface area contributed by atoms with Gasteiger partial charge in [-0.15, -0.1) is 11.6 Å². The number of rotatable bonds is 3. The molecule has 0 unspecified atom stereocenters. The van der Waals surface area contributed by atoms with Crippen LogP contribution in [0.5, 0.6) is 0 Å². The molecule has 0 amide bonds. The van der Waals surface area contributed by atoms with Gasteiger partial charge >= 0.3 is 0 Å². The highest BCUT2D eigenvalue weighted by molar-refractivity contribution is 6.18. The molecule has 1 aromatic rings. The van der Waals surface area contributed by atoms with Gasteiger partial charge in [0.2, 0.25) is 0 Å². The average Bonchev–Trinajstić information content (AvgIpc) is 2.35. The van der Waals surface area contributed by atoms with E-state index in [2.05, 4.69) is 4.90 Å². The topological polar surface area (TPSA) is 3.24 Å². The fourth-order valence-electron chi connectivity index (χ4n) is 2.21. The molecule has 4 heteroatoms. The Bertz CT molecular complexity index is 355. The molecule has 0 aliphatic carbocycles. The summed E-state index contributed by atoms with van der Waals surface area (Å²) >= 11 is 5.80. The van der Waals surface area contributed by atoms with E-state index in [0.717, 1.165) is 25.9 Å². The largest absolute Gasteiger partial charge is 0.299 e. The Morgan fingerprint density at radius 2 is 1.76 bits per heavy atom. The first kappa shape index (κ1) is 12.8. The van der Waals surface area contributed by atoms with Crippen LogP contribution in [-0.4, -0.2) is 23.9 Å². The van der Waals surface area contributed by atoms with E-state index in [1.54, 1.807) is 0 Å². The van der Waals surface area contributed by atoms with Crippen LogP contribution in [0.1, 0.15) is 18.4 Å². The van der Waals surface area contributed by atoms with Gasteiger partial charge in [0.25, 0.3) is 0 Å². The van der Waals surface area contributed by atoms with Crippen molar-refractivity contribution >= 4 is 11.6 Å². The van der Waals surface area contributed by atoms with Crippen molar-refractivity contribution in [3.63, 3.8) is 0 Å². The van der Waals surface area contributed by atoms with E-state index in [1.807, 2.05) is 0 Å². The van der Waals surface area contributed by atoms with Gasteiger partial charge in [-0.1, -0.05) is 6.07 Å². The molecule has 0 aromatic heterocycles. The van der Waals surface area contributed by atoms with Gasteiger partial charge in [-0.3, -0.25) is 4.90 Å². The number of halogens is 3. The SMILES string of the molecule is Fc1cccc(F)c1CN1CCC(CCl)CC1. The van der Waals surface area contributed by atoms with Crippen molar-refractivity contribution in [2.24, 2.45) is 5.92 Å². The van der Waals surface area contributed by atoms with Crippen molar-refractivity contribution in [1.29, 1.82) is 0 Å². The van der Waals surface area contributed by atoms with Crippen LogP contribution in [0.25, 0.3) is 0 Å². The summed E-state index contributed by atoms with van der Waals surface area (Å²) in [5.74, 6) is 0.328. The molecule has 0 atom stereocenters. The number of hydrogen-bond acceptors (Lipinski definition) is 1. The van der Waals surface area contributed by atoms with Crippen LogP contribution >= 0.6 is 11.6 Å².